The highest BCUT2D eigenvalue weighted by atomic mass is 28.3. The van der Waals surface area contributed by atoms with Crippen LogP contribution in [0, 0.1) is 0 Å². The van der Waals surface area contributed by atoms with Gasteiger partial charge in [0.1, 0.15) is 0 Å². The molecule has 0 radical (unpaired) electrons. The number of aliphatic imine (C=N–C) groups is 1. The van der Waals surface area contributed by atoms with E-state index < -0.39 is 8.80 Å². The average Bonchev–Trinajstić information content (AvgIpc) is 2.34. The first-order chi connectivity index (χ1) is 8.24. The van der Waals surface area contributed by atoms with Crippen molar-refractivity contribution in [2.75, 3.05) is 13.2 Å². The molecule has 0 saturated heterocycles. The summed E-state index contributed by atoms with van der Waals surface area (Å²) in [6.45, 7) is 8.42. The lowest BCUT2D eigenvalue weighted by molar-refractivity contribution is 0.110. The molecule has 2 nitrogen and oxygen atoms in total. The van der Waals surface area contributed by atoms with Crippen LogP contribution in [-0.4, -0.2) is 33.9 Å². The second-order valence-corrected chi connectivity index (χ2v) is 7.70. The second-order valence-electron chi connectivity index (χ2n) is 4.47. The molecule has 0 aromatic heterocycles. The molecule has 0 spiro atoms. The van der Waals surface area contributed by atoms with E-state index >= 15 is 0 Å². The van der Waals surface area contributed by atoms with Crippen LogP contribution in [-0.2, 0) is 4.74 Å². The third-order valence-corrected chi connectivity index (χ3v) is 4.72. The van der Waals surface area contributed by atoms with Gasteiger partial charge in [0, 0.05) is 25.1 Å². The van der Waals surface area contributed by atoms with Crippen LogP contribution in [0.25, 0.3) is 0 Å². The van der Waals surface area contributed by atoms with Crippen LogP contribution in [0.4, 0.5) is 0 Å². The normalized spacial score (nSPS) is 13.4. The Bertz CT molecular complexity index is 324. The fourth-order valence-electron chi connectivity index (χ4n) is 1.73. The zero-order valence-corrected chi connectivity index (χ0v) is 12.3. The van der Waals surface area contributed by atoms with Crippen molar-refractivity contribution in [3.8, 4) is 0 Å². The van der Waals surface area contributed by atoms with Crippen LogP contribution < -0.4 is 0 Å². The molecule has 0 heterocycles. The highest BCUT2D eigenvalue weighted by molar-refractivity contribution is 6.57. The number of hydrogen-bond donors (Lipinski definition) is 0. The molecule has 1 aromatic rings. The molecule has 0 saturated carbocycles. The van der Waals surface area contributed by atoms with Gasteiger partial charge >= 0.3 is 0 Å². The van der Waals surface area contributed by atoms with Crippen molar-refractivity contribution in [1.82, 2.24) is 0 Å². The maximum atomic E-state index is 5.74. The lowest BCUT2D eigenvalue weighted by atomic mass is 10.2. The molecule has 1 atom stereocenters. The summed E-state index contributed by atoms with van der Waals surface area (Å²) in [5.41, 5.74) is 1.63. The maximum Gasteiger partial charge on any atom is 0.0657 e. The van der Waals surface area contributed by atoms with Gasteiger partial charge in [-0.1, -0.05) is 43.4 Å². The van der Waals surface area contributed by atoms with Gasteiger partial charge in [0.2, 0.25) is 0 Å². The van der Waals surface area contributed by atoms with Crippen LogP contribution in [0.1, 0.15) is 18.9 Å². The molecule has 0 N–H and O–H groups in total. The summed E-state index contributed by atoms with van der Waals surface area (Å²) in [4.78, 5) is 4.46. The van der Waals surface area contributed by atoms with Crippen molar-refractivity contribution >= 4 is 15.0 Å². The molecule has 0 bridgehead atoms. The first-order valence-electron chi connectivity index (χ1n) is 6.40. The van der Waals surface area contributed by atoms with Crippen LogP contribution >= 0.6 is 0 Å². The molecule has 1 aromatic carbocycles. The van der Waals surface area contributed by atoms with Gasteiger partial charge in [0.05, 0.1) is 8.80 Å². The molecule has 0 aliphatic heterocycles. The Labute approximate surface area is 106 Å². The maximum absolute atomic E-state index is 5.74. The lowest BCUT2D eigenvalue weighted by Gasteiger charge is -2.18. The highest BCUT2D eigenvalue weighted by Crippen LogP contribution is 2.04. The van der Waals surface area contributed by atoms with Crippen LogP contribution in [0.15, 0.2) is 35.3 Å². The van der Waals surface area contributed by atoms with Gasteiger partial charge in [0.25, 0.3) is 0 Å². The third-order valence-electron chi connectivity index (χ3n) is 2.71. The number of hydrogen-bond acceptors (Lipinski definition) is 2. The molecule has 3 heteroatoms. The topological polar surface area (TPSA) is 21.6 Å². The molecule has 0 aliphatic carbocycles. The van der Waals surface area contributed by atoms with Crippen molar-refractivity contribution in [2.24, 2.45) is 4.99 Å². The average molecular weight is 249 g/mol. The molecule has 0 aliphatic rings. The van der Waals surface area contributed by atoms with E-state index in [1.807, 2.05) is 24.4 Å². The summed E-state index contributed by atoms with van der Waals surface area (Å²) < 4.78 is 5.74. The zero-order valence-electron chi connectivity index (χ0n) is 11.1. The van der Waals surface area contributed by atoms with Gasteiger partial charge in [-0.3, -0.25) is 4.99 Å². The summed E-state index contributed by atoms with van der Waals surface area (Å²) in [5, 5.41) is 0. The quantitative estimate of drug-likeness (QED) is 0.538. The van der Waals surface area contributed by atoms with Gasteiger partial charge in [-0.05, 0) is 18.9 Å². The minimum atomic E-state index is -0.716. The third kappa shape index (κ3) is 5.80. The smallest absolute Gasteiger partial charge is 0.0657 e. The van der Waals surface area contributed by atoms with Crippen molar-refractivity contribution in [1.29, 1.82) is 0 Å². The van der Waals surface area contributed by atoms with Crippen LogP contribution in [0.5, 0.6) is 0 Å². The predicted octanol–water partition coefficient (Wildman–Crippen LogP) is 2.93. The Kier molecular flexibility index (Phi) is 6.82. The zero-order chi connectivity index (χ0) is 12.5. The summed E-state index contributed by atoms with van der Waals surface area (Å²) in [6.07, 6.45) is 3.01. The van der Waals surface area contributed by atoms with Crippen LogP contribution in [0.3, 0.4) is 0 Å². The predicted molar refractivity (Wildman–Crippen MR) is 77.8 cm³/mol. The van der Waals surface area contributed by atoms with E-state index in [9.17, 15) is 0 Å². The molecular formula is C14H23NOSi. The Morgan fingerprint density at radius 1 is 1.29 bits per heavy atom. The standard InChI is InChI=1S/C14H23NOSi/c1-4-16-14(17(2)3)10-11-15-12-13-8-6-5-7-9-13/h5-9,12,14,17H,4,10-11H2,1-3H3. The molecule has 17 heavy (non-hydrogen) atoms. The SMILES string of the molecule is CCOC(CCN=Cc1ccccc1)[SiH](C)C. The van der Waals surface area contributed by atoms with Crippen molar-refractivity contribution in [3.63, 3.8) is 0 Å². The molecule has 1 unspecified atom stereocenters. The van der Waals surface area contributed by atoms with Gasteiger partial charge in [-0.15, -0.1) is 0 Å². The van der Waals surface area contributed by atoms with Crippen molar-refractivity contribution in [2.45, 2.75) is 32.2 Å². The Hall–Kier alpha value is -0.933. The second kappa shape index (κ2) is 8.20. The van der Waals surface area contributed by atoms with E-state index in [2.05, 4.69) is 37.1 Å². The summed E-state index contributed by atoms with van der Waals surface area (Å²) in [5.74, 6) is 0. The van der Waals surface area contributed by atoms with Crippen molar-refractivity contribution < 1.29 is 4.74 Å². The fourth-order valence-corrected chi connectivity index (χ4v) is 3.13. The van der Waals surface area contributed by atoms with Gasteiger partial charge in [0.15, 0.2) is 0 Å². The first kappa shape index (κ1) is 14.1. The van der Waals surface area contributed by atoms with E-state index in [0.717, 1.165) is 19.6 Å². The molecule has 94 valence electrons. The number of nitrogens with zero attached hydrogens (tertiary/aromatic N) is 1. The minimum Gasteiger partial charge on any atom is -0.382 e. The van der Waals surface area contributed by atoms with E-state index in [-0.39, 0.29) is 0 Å². The summed E-state index contributed by atoms with van der Waals surface area (Å²) >= 11 is 0. The Morgan fingerprint density at radius 2 is 2.00 bits per heavy atom. The number of benzene rings is 1. The minimum absolute atomic E-state index is 0.466. The molecule has 0 amide bonds. The van der Waals surface area contributed by atoms with Gasteiger partial charge in [-0.2, -0.15) is 0 Å². The first-order valence-corrected chi connectivity index (χ1v) is 9.38. The molecule has 0 fully saturated rings. The van der Waals surface area contributed by atoms with Gasteiger partial charge in [-0.25, -0.2) is 0 Å². The monoisotopic (exact) mass is 249 g/mol. The van der Waals surface area contributed by atoms with E-state index in [1.54, 1.807) is 0 Å². The Morgan fingerprint density at radius 3 is 2.59 bits per heavy atom. The largest absolute Gasteiger partial charge is 0.382 e. The number of ether oxygens (including phenoxy) is 1. The molecular weight excluding hydrogens is 226 g/mol. The van der Waals surface area contributed by atoms with E-state index in [4.69, 9.17) is 4.74 Å². The van der Waals surface area contributed by atoms with Crippen molar-refractivity contribution in [3.05, 3.63) is 35.9 Å². The fraction of sp³-hybridized carbons (Fsp3) is 0.500. The summed E-state index contributed by atoms with van der Waals surface area (Å²) in [7, 11) is -0.716. The van der Waals surface area contributed by atoms with E-state index in [0.29, 0.717) is 5.73 Å². The number of rotatable bonds is 7. The lowest BCUT2D eigenvalue weighted by Crippen LogP contribution is -2.28. The van der Waals surface area contributed by atoms with Crippen LogP contribution in [0.2, 0.25) is 13.1 Å². The Balaban J connectivity index is 2.33. The highest BCUT2D eigenvalue weighted by Gasteiger charge is 2.13. The summed E-state index contributed by atoms with van der Waals surface area (Å²) in [6, 6.07) is 10.2. The van der Waals surface area contributed by atoms with E-state index in [1.165, 1.54) is 5.56 Å². The van der Waals surface area contributed by atoms with Gasteiger partial charge < -0.3 is 4.74 Å². The molecule has 1 rings (SSSR count).